The van der Waals surface area contributed by atoms with E-state index in [1.165, 1.54) is 45.1 Å². The van der Waals surface area contributed by atoms with Crippen LogP contribution in [-0.2, 0) is 4.74 Å². The predicted octanol–water partition coefficient (Wildman–Crippen LogP) is 2.02. The number of ether oxygens (including phenoxy) is 2. The van der Waals surface area contributed by atoms with Crippen molar-refractivity contribution >= 4 is 11.7 Å². The molecule has 18 heavy (non-hydrogen) atoms. The molecule has 0 amide bonds. The van der Waals surface area contributed by atoms with Crippen LogP contribution in [0.3, 0.4) is 0 Å². The summed E-state index contributed by atoms with van der Waals surface area (Å²) in [6, 6.07) is 1.54. The van der Waals surface area contributed by atoms with Crippen LogP contribution >= 0.6 is 0 Å². The first kappa shape index (κ1) is 12.7. The Morgan fingerprint density at radius 3 is 2.89 bits per heavy atom. The summed E-state index contributed by atoms with van der Waals surface area (Å²) in [4.78, 5) is 15.5. The highest BCUT2D eigenvalue weighted by atomic mass is 16.5. The van der Waals surface area contributed by atoms with E-state index in [0.29, 0.717) is 29.7 Å². The molecule has 1 saturated carbocycles. The maximum atomic E-state index is 11.5. The molecule has 0 unspecified atom stereocenters. The van der Waals surface area contributed by atoms with Gasteiger partial charge >= 0.3 is 5.97 Å². The average molecular weight is 250 g/mol. The van der Waals surface area contributed by atoms with Gasteiger partial charge in [0.25, 0.3) is 0 Å². The number of nitrogens with zero attached hydrogens (tertiary/aromatic N) is 1. The molecule has 0 spiro atoms. The van der Waals surface area contributed by atoms with E-state index in [-0.39, 0.29) is 0 Å². The standard InChI is InChI=1S/C13H18N2O3/c1-17-13(16)10-6-12(15-7-11(10)14)18-8-9-4-2-3-5-9/h6-7,9H,2-5,8,14H2,1H3. The van der Waals surface area contributed by atoms with Crippen LogP contribution in [0.1, 0.15) is 36.0 Å². The van der Waals surface area contributed by atoms with E-state index in [0.717, 1.165) is 0 Å². The van der Waals surface area contributed by atoms with Gasteiger partial charge < -0.3 is 15.2 Å². The van der Waals surface area contributed by atoms with Crippen molar-refractivity contribution in [1.29, 1.82) is 0 Å². The van der Waals surface area contributed by atoms with Crippen LogP contribution in [0.4, 0.5) is 5.69 Å². The molecule has 0 aliphatic heterocycles. The number of esters is 1. The minimum Gasteiger partial charge on any atom is -0.477 e. The molecule has 0 atom stereocenters. The molecule has 1 aromatic rings. The molecule has 0 aromatic carbocycles. The monoisotopic (exact) mass is 250 g/mol. The molecule has 2 N–H and O–H groups in total. The number of carbonyl (C=O) groups is 1. The molecule has 1 heterocycles. The number of rotatable bonds is 4. The van der Waals surface area contributed by atoms with Crippen LogP contribution in [-0.4, -0.2) is 24.7 Å². The van der Waals surface area contributed by atoms with Crippen molar-refractivity contribution in [3.05, 3.63) is 17.8 Å². The highest BCUT2D eigenvalue weighted by Gasteiger charge is 2.17. The van der Waals surface area contributed by atoms with Crippen molar-refractivity contribution in [2.75, 3.05) is 19.5 Å². The van der Waals surface area contributed by atoms with Gasteiger partial charge in [-0.05, 0) is 18.8 Å². The molecule has 1 aromatic heterocycles. The zero-order valence-electron chi connectivity index (χ0n) is 10.5. The summed E-state index contributed by atoms with van der Waals surface area (Å²) in [5.74, 6) is 0.558. The minimum atomic E-state index is -0.472. The number of pyridine rings is 1. The molecule has 0 bridgehead atoms. The summed E-state index contributed by atoms with van der Waals surface area (Å²) >= 11 is 0. The van der Waals surface area contributed by atoms with Crippen molar-refractivity contribution in [2.45, 2.75) is 25.7 Å². The summed E-state index contributed by atoms with van der Waals surface area (Å²) in [5, 5.41) is 0. The van der Waals surface area contributed by atoms with Gasteiger partial charge in [0.05, 0.1) is 31.2 Å². The molecular weight excluding hydrogens is 232 g/mol. The largest absolute Gasteiger partial charge is 0.477 e. The van der Waals surface area contributed by atoms with Crippen LogP contribution in [0, 0.1) is 5.92 Å². The SMILES string of the molecule is COC(=O)c1cc(OCC2CCCC2)ncc1N. The smallest absolute Gasteiger partial charge is 0.340 e. The lowest BCUT2D eigenvalue weighted by atomic mass is 10.1. The molecule has 5 nitrogen and oxygen atoms in total. The van der Waals surface area contributed by atoms with E-state index in [4.69, 9.17) is 10.5 Å². The normalized spacial score (nSPS) is 15.6. The summed E-state index contributed by atoms with van der Waals surface area (Å²) in [6.07, 6.45) is 6.39. The Balaban J connectivity index is 2.02. The molecule has 98 valence electrons. The van der Waals surface area contributed by atoms with Crippen molar-refractivity contribution in [3.8, 4) is 5.88 Å². The zero-order valence-corrected chi connectivity index (χ0v) is 10.5. The predicted molar refractivity (Wildman–Crippen MR) is 67.4 cm³/mol. The Kier molecular flexibility index (Phi) is 4.02. The lowest BCUT2D eigenvalue weighted by Gasteiger charge is -2.11. The molecule has 1 aliphatic rings. The number of aromatic nitrogens is 1. The quantitative estimate of drug-likeness (QED) is 0.827. The van der Waals surface area contributed by atoms with Gasteiger partial charge in [0.15, 0.2) is 0 Å². The van der Waals surface area contributed by atoms with Gasteiger partial charge in [-0.3, -0.25) is 0 Å². The molecule has 1 fully saturated rings. The molecular formula is C13H18N2O3. The van der Waals surface area contributed by atoms with Crippen LogP contribution in [0.25, 0.3) is 0 Å². The van der Waals surface area contributed by atoms with Crippen LogP contribution < -0.4 is 10.5 Å². The summed E-state index contributed by atoms with van der Waals surface area (Å²) < 4.78 is 10.3. The number of anilines is 1. The third kappa shape index (κ3) is 2.91. The molecule has 2 rings (SSSR count). The number of carbonyl (C=O) groups excluding carboxylic acids is 1. The Morgan fingerprint density at radius 1 is 1.50 bits per heavy atom. The fourth-order valence-electron chi connectivity index (χ4n) is 2.19. The third-order valence-electron chi connectivity index (χ3n) is 3.26. The lowest BCUT2D eigenvalue weighted by molar-refractivity contribution is 0.0601. The molecule has 0 saturated heterocycles. The second kappa shape index (κ2) is 5.71. The maximum Gasteiger partial charge on any atom is 0.340 e. The fourth-order valence-corrected chi connectivity index (χ4v) is 2.19. The topological polar surface area (TPSA) is 74.4 Å². The number of hydrogen-bond acceptors (Lipinski definition) is 5. The maximum absolute atomic E-state index is 11.5. The van der Waals surface area contributed by atoms with E-state index in [1.807, 2.05) is 0 Å². The van der Waals surface area contributed by atoms with Crippen molar-refractivity contribution < 1.29 is 14.3 Å². The van der Waals surface area contributed by atoms with E-state index >= 15 is 0 Å². The van der Waals surface area contributed by atoms with Gasteiger partial charge in [-0.25, -0.2) is 9.78 Å². The number of nitrogens with two attached hydrogens (primary N) is 1. The summed E-state index contributed by atoms with van der Waals surface area (Å²) in [7, 11) is 1.32. The summed E-state index contributed by atoms with van der Waals surface area (Å²) in [5.41, 5.74) is 6.27. The number of nitrogen functional groups attached to an aromatic ring is 1. The Labute approximate surface area is 106 Å². The van der Waals surface area contributed by atoms with Gasteiger partial charge in [0, 0.05) is 6.07 Å². The average Bonchev–Trinajstić information content (AvgIpc) is 2.90. The number of methoxy groups -OCH3 is 1. The minimum absolute atomic E-state index is 0.300. The first-order chi connectivity index (χ1) is 8.70. The van der Waals surface area contributed by atoms with Gasteiger partial charge in [0.1, 0.15) is 0 Å². The van der Waals surface area contributed by atoms with Crippen molar-refractivity contribution in [3.63, 3.8) is 0 Å². The van der Waals surface area contributed by atoms with E-state index in [9.17, 15) is 4.79 Å². The first-order valence-electron chi connectivity index (χ1n) is 6.17. The van der Waals surface area contributed by atoms with Crippen LogP contribution in [0.15, 0.2) is 12.3 Å². The fraction of sp³-hybridized carbons (Fsp3) is 0.538. The van der Waals surface area contributed by atoms with Crippen LogP contribution in [0.5, 0.6) is 5.88 Å². The van der Waals surface area contributed by atoms with Crippen molar-refractivity contribution in [2.24, 2.45) is 5.92 Å². The molecule has 1 aliphatic carbocycles. The van der Waals surface area contributed by atoms with Gasteiger partial charge in [-0.1, -0.05) is 12.8 Å². The Hall–Kier alpha value is -1.78. The molecule has 0 radical (unpaired) electrons. The van der Waals surface area contributed by atoms with E-state index in [2.05, 4.69) is 9.72 Å². The van der Waals surface area contributed by atoms with Gasteiger partial charge in [-0.2, -0.15) is 0 Å². The second-order valence-corrected chi connectivity index (χ2v) is 4.56. The lowest BCUT2D eigenvalue weighted by Crippen LogP contribution is -2.11. The van der Waals surface area contributed by atoms with Crippen molar-refractivity contribution in [1.82, 2.24) is 4.98 Å². The third-order valence-corrected chi connectivity index (χ3v) is 3.26. The zero-order chi connectivity index (χ0) is 13.0. The van der Waals surface area contributed by atoms with Gasteiger partial charge in [0.2, 0.25) is 5.88 Å². The van der Waals surface area contributed by atoms with Crippen LogP contribution in [0.2, 0.25) is 0 Å². The first-order valence-corrected chi connectivity index (χ1v) is 6.17. The highest BCUT2D eigenvalue weighted by Crippen LogP contribution is 2.25. The Morgan fingerprint density at radius 2 is 2.22 bits per heavy atom. The van der Waals surface area contributed by atoms with E-state index < -0.39 is 5.97 Å². The molecule has 5 heteroatoms. The summed E-state index contributed by atoms with van der Waals surface area (Å²) in [6.45, 7) is 0.650. The number of hydrogen-bond donors (Lipinski definition) is 1. The Bertz CT molecular complexity index is 428. The second-order valence-electron chi connectivity index (χ2n) is 4.56. The van der Waals surface area contributed by atoms with Gasteiger partial charge in [-0.15, -0.1) is 0 Å². The van der Waals surface area contributed by atoms with E-state index in [1.54, 1.807) is 0 Å². The highest BCUT2D eigenvalue weighted by molar-refractivity contribution is 5.95.